The second kappa shape index (κ2) is 7.79. The van der Waals surface area contributed by atoms with Crippen LogP contribution in [-0.2, 0) is 11.3 Å². The molecule has 1 aromatic rings. The lowest BCUT2D eigenvalue weighted by atomic mass is 10.1. The van der Waals surface area contributed by atoms with Gasteiger partial charge in [0.25, 0.3) is 5.91 Å². The van der Waals surface area contributed by atoms with Crippen molar-refractivity contribution in [1.82, 2.24) is 10.2 Å². The Balaban J connectivity index is 1.51. The highest BCUT2D eigenvalue weighted by Gasteiger charge is 2.27. The van der Waals surface area contributed by atoms with E-state index < -0.39 is 0 Å². The molecule has 0 radical (unpaired) electrons. The molecule has 0 spiro atoms. The molecular weight excluding hydrogens is 302 g/mol. The maximum atomic E-state index is 12.4. The van der Waals surface area contributed by atoms with Crippen molar-refractivity contribution >= 4 is 11.8 Å². The van der Waals surface area contributed by atoms with Crippen molar-refractivity contribution in [2.24, 2.45) is 11.7 Å². The Kier molecular flexibility index (Phi) is 5.51. The smallest absolute Gasteiger partial charge is 0.253 e. The van der Waals surface area contributed by atoms with Crippen molar-refractivity contribution in [2.75, 3.05) is 13.1 Å². The van der Waals surface area contributed by atoms with Crippen LogP contribution in [0.4, 0.5) is 0 Å². The highest BCUT2D eigenvalue weighted by Crippen LogP contribution is 2.24. The Labute approximate surface area is 143 Å². The minimum absolute atomic E-state index is 0.0555. The molecule has 1 aliphatic heterocycles. The molecule has 1 aliphatic carbocycles. The van der Waals surface area contributed by atoms with Gasteiger partial charge in [-0.1, -0.05) is 12.1 Å². The molecule has 2 amide bonds. The third-order valence-electron chi connectivity index (χ3n) is 5.15. The number of hydrogen-bond acceptors (Lipinski definition) is 3. The van der Waals surface area contributed by atoms with Crippen molar-refractivity contribution < 1.29 is 9.59 Å². The summed E-state index contributed by atoms with van der Waals surface area (Å²) in [5.74, 6) is 0.265. The Morgan fingerprint density at radius 2 is 1.79 bits per heavy atom. The number of benzene rings is 1. The maximum Gasteiger partial charge on any atom is 0.253 e. The standard InChI is InChI=1S/C19H27N3O2/c20-17-9-8-16(12-17)18(23)21-13-14-4-6-15(7-5-14)19(24)22-10-2-1-3-11-22/h4-7,16-17H,1-3,8-13,20H2,(H,21,23). The fourth-order valence-electron chi connectivity index (χ4n) is 3.63. The number of likely N-dealkylation sites (tertiary alicyclic amines) is 1. The van der Waals surface area contributed by atoms with Gasteiger partial charge in [-0.05, 0) is 56.2 Å². The molecule has 0 aromatic heterocycles. The fourth-order valence-corrected chi connectivity index (χ4v) is 3.63. The van der Waals surface area contributed by atoms with Gasteiger partial charge in [0, 0.05) is 37.2 Å². The monoisotopic (exact) mass is 329 g/mol. The van der Waals surface area contributed by atoms with Crippen LogP contribution in [0, 0.1) is 5.92 Å². The molecule has 1 heterocycles. The van der Waals surface area contributed by atoms with E-state index in [2.05, 4.69) is 5.32 Å². The molecule has 2 aliphatic rings. The summed E-state index contributed by atoms with van der Waals surface area (Å²) >= 11 is 0. The highest BCUT2D eigenvalue weighted by molar-refractivity contribution is 5.94. The van der Waals surface area contributed by atoms with E-state index in [-0.39, 0.29) is 23.8 Å². The second-order valence-corrected chi connectivity index (χ2v) is 7.04. The molecule has 1 saturated heterocycles. The molecule has 2 fully saturated rings. The van der Waals surface area contributed by atoms with Gasteiger partial charge in [-0.25, -0.2) is 0 Å². The zero-order chi connectivity index (χ0) is 16.9. The van der Waals surface area contributed by atoms with Crippen LogP contribution in [-0.4, -0.2) is 35.8 Å². The largest absolute Gasteiger partial charge is 0.352 e. The molecule has 1 saturated carbocycles. The summed E-state index contributed by atoms with van der Waals surface area (Å²) in [6.07, 6.45) is 6.02. The van der Waals surface area contributed by atoms with E-state index in [4.69, 9.17) is 5.73 Å². The van der Waals surface area contributed by atoms with Crippen LogP contribution in [0.15, 0.2) is 24.3 Å². The normalized spacial score (nSPS) is 24.0. The summed E-state index contributed by atoms with van der Waals surface area (Å²) in [6.45, 7) is 2.23. The van der Waals surface area contributed by atoms with Gasteiger partial charge in [0.1, 0.15) is 0 Å². The molecule has 1 aromatic carbocycles. The molecule has 5 heteroatoms. The number of nitrogens with zero attached hydrogens (tertiary/aromatic N) is 1. The van der Waals surface area contributed by atoms with E-state index in [9.17, 15) is 9.59 Å². The number of carbonyl (C=O) groups excluding carboxylic acids is 2. The number of hydrogen-bond donors (Lipinski definition) is 2. The molecule has 2 unspecified atom stereocenters. The van der Waals surface area contributed by atoms with E-state index in [1.807, 2.05) is 29.2 Å². The number of carbonyl (C=O) groups is 2. The van der Waals surface area contributed by atoms with Crippen LogP contribution in [0.2, 0.25) is 0 Å². The lowest BCUT2D eigenvalue weighted by Crippen LogP contribution is -2.35. The van der Waals surface area contributed by atoms with Gasteiger partial charge in [0.05, 0.1) is 0 Å². The number of nitrogens with two attached hydrogens (primary N) is 1. The zero-order valence-electron chi connectivity index (χ0n) is 14.2. The Hall–Kier alpha value is -1.88. The zero-order valence-corrected chi connectivity index (χ0v) is 14.2. The summed E-state index contributed by atoms with van der Waals surface area (Å²) in [5, 5.41) is 2.98. The predicted octanol–water partition coefficient (Wildman–Crippen LogP) is 2.06. The predicted molar refractivity (Wildman–Crippen MR) is 93.4 cm³/mol. The van der Waals surface area contributed by atoms with Crippen LogP contribution in [0.25, 0.3) is 0 Å². The summed E-state index contributed by atoms with van der Waals surface area (Å²) in [6, 6.07) is 7.75. The van der Waals surface area contributed by atoms with Crippen LogP contribution in [0.1, 0.15) is 54.4 Å². The van der Waals surface area contributed by atoms with Crippen LogP contribution in [0.5, 0.6) is 0 Å². The van der Waals surface area contributed by atoms with E-state index in [0.717, 1.165) is 56.3 Å². The van der Waals surface area contributed by atoms with E-state index in [0.29, 0.717) is 6.54 Å². The number of piperidine rings is 1. The van der Waals surface area contributed by atoms with Crippen LogP contribution in [0.3, 0.4) is 0 Å². The van der Waals surface area contributed by atoms with Gasteiger partial charge < -0.3 is 16.0 Å². The third kappa shape index (κ3) is 4.15. The maximum absolute atomic E-state index is 12.4. The second-order valence-electron chi connectivity index (χ2n) is 7.04. The first-order valence-electron chi connectivity index (χ1n) is 9.05. The first-order valence-corrected chi connectivity index (χ1v) is 9.05. The molecule has 24 heavy (non-hydrogen) atoms. The SMILES string of the molecule is NC1CCC(C(=O)NCc2ccc(C(=O)N3CCCCC3)cc2)C1. The van der Waals surface area contributed by atoms with Gasteiger partial charge in [-0.15, -0.1) is 0 Å². The molecule has 2 atom stereocenters. The third-order valence-corrected chi connectivity index (χ3v) is 5.15. The average molecular weight is 329 g/mol. The van der Waals surface area contributed by atoms with Crippen molar-refractivity contribution in [3.63, 3.8) is 0 Å². The number of nitrogens with one attached hydrogen (secondary N) is 1. The number of rotatable bonds is 4. The summed E-state index contributed by atoms with van der Waals surface area (Å²) in [5.41, 5.74) is 7.61. The minimum Gasteiger partial charge on any atom is -0.352 e. The summed E-state index contributed by atoms with van der Waals surface area (Å²) < 4.78 is 0. The lowest BCUT2D eigenvalue weighted by Gasteiger charge is -2.26. The molecule has 0 bridgehead atoms. The van der Waals surface area contributed by atoms with Crippen molar-refractivity contribution in [3.05, 3.63) is 35.4 Å². The Morgan fingerprint density at radius 3 is 2.42 bits per heavy atom. The van der Waals surface area contributed by atoms with E-state index >= 15 is 0 Å². The van der Waals surface area contributed by atoms with Gasteiger partial charge in [-0.2, -0.15) is 0 Å². The first kappa shape index (κ1) is 17.0. The van der Waals surface area contributed by atoms with Crippen LogP contribution >= 0.6 is 0 Å². The van der Waals surface area contributed by atoms with Gasteiger partial charge >= 0.3 is 0 Å². The van der Waals surface area contributed by atoms with Crippen molar-refractivity contribution in [2.45, 2.75) is 51.1 Å². The van der Waals surface area contributed by atoms with Crippen molar-refractivity contribution in [1.29, 1.82) is 0 Å². The lowest BCUT2D eigenvalue weighted by molar-refractivity contribution is -0.125. The molecule has 130 valence electrons. The van der Waals surface area contributed by atoms with Gasteiger partial charge in [0.2, 0.25) is 5.91 Å². The molecule has 5 nitrogen and oxygen atoms in total. The highest BCUT2D eigenvalue weighted by atomic mass is 16.2. The molecule has 3 N–H and O–H groups in total. The Morgan fingerprint density at radius 1 is 1.08 bits per heavy atom. The molecular formula is C19H27N3O2. The van der Waals surface area contributed by atoms with Gasteiger partial charge in [-0.3, -0.25) is 9.59 Å². The minimum atomic E-state index is 0.0555. The number of amides is 2. The summed E-state index contributed by atoms with van der Waals surface area (Å²) in [7, 11) is 0. The van der Waals surface area contributed by atoms with Crippen LogP contribution < -0.4 is 11.1 Å². The average Bonchev–Trinajstić information content (AvgIpc) is 3.07. The van der Waals surface area contributed by atoms with E-state index in [1.165, 1.54) is 6.42 Å². The van der Waals surface area contributed by atoms with E-state index in [1.54, 1.807) is 0 Å². The topological polar surface area (TPSA) is 75.4 Å². The van der Waals surface area contributed by atoms with Gasteiger partial charge in [0.15, 0.2) is 0 Å². The summed E-state index contributed by atoms with van der Waals surface area (Å²) in [4.78, 5) is 26.5. The fraction of sp³-hybridized carbons (Fsp3) is 0.579. The quantitative estimate of drug-likeness (QED) is 0.888. The van der Waals surface area contributed by atoms with Crippen molar-refractivity contribution in [3.8, 4) is 0 Å². The first-order chi connectivity index (χ1) is 11.6. The Bertz CT molecular complexity index is 579. The molecule has 3 rings (SSSR count).